The lowest BCUT2D eigenvalue weighted by Crippen LogP contribution is -2.18. The van der Waals surface area contributed by atoms with Crippen molar-refractivity contribution in [1.82, 2.24) is 0 Å². The van der Waals surface area contributed by atoms with Gasteiger partial charge in [-0.15, -0.1) is 0 Å². The number of hydrogen-bond acceptors (Lipinski definition) is 3. The molecule has 1 aromatic rings. The number of para-hydroxylation sites is 1. The third kappa shape index (κ3) is 2.54. The molecule has 2 atom stereocenters. The Hall–Kier alpha value is -1.06. The molecular formula is C13H19NO2. The van der Waals surface area contributed by atoms with Crippen LogP contribution in [0.2, 0.25) is 0 Å². The van der Waals surface area contributed by atoms with Gasteiger partial charge in [0.1, 0.15) is 11.9 Å². The molecule has 1 aliphatic heterocycles. The molecule has 88 valence electrons. The van der Waals surface area contributed by atoms with Gasteiger partial charge in [-0.25, -0.2) is 0 Å². The molecule has 1 heterocycles. The van der Waals surface area contributed by atoms with E-state index in [1.54, 1.807) is 0 Å². The maximum Gasteiger partial charge on any atom is 0.124 e. The summed E-state index contributed by atoms with van der Waals surface area (Å²) in [5.41, 5.74) is 7.15. The summed E-state index contributed by atoms with van der Waals surface area (Å²) in [4.78, 5) is 0. The first-order chi connectivity index (χ1) is 7.81. The zero-order valence-electron chi connectivity index (χ0n) is 9.69. The van der Waals surface area contributed by atoms with Crippen LogP contribution in [-0.4, -0.2) is 19.3 Å². The van der Waals surface area contributed by atoms with E-state index in [0.717, 1.165) is 30.8 Å². The van der Waals surface area contributed by atoms with Crippen LogP contribution >= 0.6 is 0 Å². The highest BCUT2D eigenvalue weighted by Crippen LogP contribution is 2.27. The molecule has 1 fully saturated rings. The van der Waals surface area contributed by atoms with Crippen LogP contribution in [0.3, 0.4) is 0 Å². The normalized spacial score (nSPS) is 22.0. The second-order valence-corrected chi connectivity index (χ2v) is 4.16. The van der Waals surface area contributed by atoms with E-state index in [1.807, 2.05) is 24.3 Å². The molecule has 0 aromatic heterocycles. The van der Waals surface area contributed by atoms with Crippen molar-refractivity contribution in [3.8, 4) is 5.75 Å². The fourth-order valence-electron chi connectivity index (χ4n) is 1.90. The fraction of sp³-hybridized carbons (Fsp3) is 0.538. The Morgan fingerprint density at radius 3 is 3.00 bits per heavy atom. The molecule has 0 bridgehead atoms. The second kappa shape index (κ2) is 5.32. The molecule has 3 nitrogen and oxygen atoms in total. The van der Waals surface area contributed by atoms with E-state index in [-0.39, 0.29) is 12.1 Å². The van der Waals surface area contributed by atoms with Crippen LogP contribution in [0, 0.1) is 0 Å². The molecule has 1 saturated heterocycles. The van der Waals surface area contributed by atoms with Gasteiger partial charge in [0, 0.05) is 18.0 Å². The van der Waals surface area contributed by atoms with E-state index < -0.39 is 0 Å². The minimum atomic E-state index is 0.0542. The largest absolute Gasteiger partial charge is 0.488 e. The first-order valence-corrected chi connectivity index (χ1v) is 5.90. The lowest BCUT2D eigenvalue weighted by Gasteiger charge is -2.18. The van der Waals surface area contributed by atoms with E-state index in [1.165, 1.54) is 0 Å². The molecule has 1 aliphatic rings. The van der Waals surface area contributed by atoms with Crippen molar-refractivity contribution < 1.29 is 9.47 Å². The van der Waals surface area contributed by atoms with Gasteiger partial charge in [-0.1, -0.05) is 25.1 Å². The highest BCUT2D eigenvalue weighted by molar-refractivity contribution is 5.35. The summed E-state index contributed by atoms with van der Waals surface area (Å²) in [6.07, 6.45) is 2.07. The molecule has 0 spiro atoms. The Morgan fingerprint density at radius 2 is 2.31 bits per heavy atom. The Bertz CT molecular complexity index is 334. The summed E-state index contributed by atoms with van der Waals surface area (Å²) in [5.74, 6) is 0.910. The number of benzene rings is 1. The molecule has 2 rings (SSSR count). The van der Waals surface area contributed by atoms with Crippen LogP contribution in [0.1, 0.15) is 31.4 Å². The van der Waals surface area contributed by atoms with E-state index in [9.17, 15) is 0 Å². The van der Waals surface area contributed by atoms with E-state index in [2.05, 4.69) is 6.92 Å². The average molecular weight is 221 g/mol. The van der Waals surface area contributed by atoms with Gasteiger partial charge >= 0.3 is 0 Å². The molecule has 2 N–H and O–H groups in total. The Kier molecular flexibility index (Phi) is 3.80. The van der Waals surface area contributed by atoms with Gasteiger partial charge in [-0.2, -0.15) is 0 Å². The summed E-state index contributed by atoms with van der Waals surface area (Å²) in [5, 5.41) is 0. The maximum absolute atomic E-state index is 6.06. The highest BCUT2D eigenvalue weighted by atomic mass is 16.5. The van der Waals surface area contributed by atoms with Gasteiger partial charge < -0.3 is 15.2 Å². The maximum atomic E-state index is 6.06. The first kappa shape index (κ1) is 11.4. The van der Waals surface area contributed by atoms with Gasteiger partial charge in [-0.05, 0) is 12.5 Å². The minimum absolute atomic E-state index is 0.0542. The molecule has 3 heteroatoms. The lowest BCUT2D eigenvalue weighted by molar-refractivity contribution is 0.140. The molecular weight excluding hydrogens is 202 g/mol. The Labute approximate surface area is 96.5 Å². The van der Waals surface area contributed by atoms with Gasteiger partial charge in [0.25, 0.3) is 0 Å². The topological polar surface area (TPSA) is 44.5 Å². The van der Waals surface area contributed by atoms with Gasteiger partial charge in [0.15, 0.2) is 0 Å². The standard InChI is InChI=1S/C13H19NO2/c1-2-12(14)11-5-3-4-6-13(11)16-10-7-8-15-9-10/h3-6,10,12H,2,7-9,14H2,1H3/t10?,12-/m0/s1. The summed E-state index contributed by atoms with van der Waals surface area (Å²) < 4.78 is 11.2. The van der Waals surface area contributed by atoms with E-state index in [0.29, 0.717) is 6.61 Å². The van der Waals surface area contributed by atoms with Crippen LogP contribution in [0.4, 0.5) is 0 Å². The molecule has 0 amide bonds. The predicted octanol–water partition coefficient (Wildman–Crippen LogP) is 2.26. The van der Waals surface area contributed by atoms with Crippen molar-refractivity contribution in [3.05, 3.63) is 29.8 Å². The number of rotatable bonds is 4. The van der Waals surface area contributed by atoms with Crippen molar-refractivity contribution in [2.24, 2.45) is 5.73 Å². The number of hydrogen-bond donors (Lipinski definition) is 1. The molecule has 1 aromatic carbocycles. The van der Waals surface area contributed by atoms with Crippen molar-refractivity contribution >= 4 is 0 Å². The second-order valence-electron chi connectivity index (χ2n) is 4.16. The molecule has 0 radical (unpaired) electrons. The van der Waals surface area contributed by atoms with Crippen LogP contribution in [0.15, 0.2) is 24.3 Å². The number of nitrogens with two attached hydrogens (primary N) is 1. The predicted molar refractivity (Wildman–Crippen MR) is 63.5 cm³/mol. The van der Waals surface area contributed by atoms with Crippen LogP contribution in [0.5, 0.6) is 5.75 Å². The van der Waals surface area contributed by atoms with E-state index in [4.69, 9.17) is 15.2 Å². The van der Waals surface area contributed by atoms with Gasteiger partial charge in [-0.3, -0.25) is 0 Å². The minimum Gasteiger partial charge on any atom is -0.488 e. The third-order valence-corrected chi connectivity index (χ3v) is 2.94. The third-order valence-electron chi connectivity index (χ3n) is 2.94. The van der Waals surface area contributed by atoms with Crippen molar-refractivity contribution in [1.29, 1.82) is 0 Å². The van der Waals surface area contributed by atoms with Gasteiger partial charge in [0.05, 0.1) is 13.2 Å². The van der Waals surface area contributed by atoms with Crippen molar-refractivity contribution in [3.63, 3.8) is 0 Å². The summed E-state index contributed by atoms with van der Waals surface area (Å²) in [6.45, 7) is 3.57. The highest BCUT2D eigenvalue weighted by Gasteiger charge is 2.19. The smallest absolute Gasteiger partial charge is 0.124 e. The van der Waals surface area contributed by atoms with Gasteiger partial charge in [0.2, 0.25) is 0 Å². The molecule has 0 aliphatic carbocycles. The first-order valence-electron chi connectivity index (χ1n) is 5.90. The van der Waals surface area contributed by atoms with Crippen LogP contribution in [-0.2, 0) is 4.74 Å². The van der Waals surface area contributed by atoms with E-state index >= 15 is 0 Å². The van der Waals surface area contributed by atoms with Crippen molar-refractivity contribution in [2.75, 3.05) is 13.2 Å². The number of ether oxygens (including phenoxy) is 2. The van der Waals surface area contributed by atoms with Crippen LogP contribution in [0.25, 0.3) is 0 Å². The molecule has 16 heavy (non-hydrogen) atoms. The summed E-state index contributed by atoms with van der Waals surface area (Å²) in [6, 6.07) is 8.07. The monoisotopic (exact) mass is 221 g/mol. The van der Waals surface area contributed by atoms with Crippen molar-refractivity contribution in [2.45, 2.75) is 31.9 Å². The zero-order chi connectivity index (χ0) is 11.4. The Morgan fingerprint density at radius 1 is 1.50 bits per heavy atom. The SMILES string of the molecule is CC[C@H](N)c1ccccc1OC1CCOC1. The zero-order valence-corrected chi connectivity index (χ0v) is 9.69. The molecule has 0 saturated carbocycles. The summed E-state index contributed by atoms with van der Waals surface area (Å²) in [7, 11) is 0. The lowest BCUT2D eigenvalue weighted by atomic mass is 10.0. The average Bonchev–Trinajstić information content (AvgIpc) is 2.82. The summed E-state index contributed by atoms with van der Waals surface area (Å²) >= 11 is 0. The quantitative estimate of drug-likeness (QED) is 0.848. The molecule has 1 unspecified atom stereocenters. The fourth-order valence-corrected chi connectivity index (χ4v) is 1.90. The van der Waals surface area contributed by atoms with Crippen LogP contribution < -0.4 is 10.5 Å². The Balaban J connectivity index is 2.12.